The lowest BCUT2D eigenvalue weighted by atomic mass is 10.00. The van der Waals surface area contributed by atoms with E-state index < -0.39 is 0 Å². The second kappa shape index (κ2) is 4.38. The van der Waals surface area contributed by atoms with Crippen LogP contribution in [0.15, 0.2) is 41.4 Å². The molecule has 0 N–H and O–H groups in total. The maximum absolute atomic E-state index is 11.7. The molecule has 1 aromatic rings. The van der Waals surface area contributed by atoms with Crippen molar-refractivity contribution in [2.75, 3.05) is 0 Å². The molecule has 0 saturated heterocycles. The van der Waals surface area contributed by atoms with Crippen LogP contribution >= 0.6 is 15.9 Å². The molecule has 0 aromatic heterocycles. The smallest absolute Gasteiger partial charge is 0.170 e. The lowest BCUT2D eigenvalue weighted by Gasteiger charge is -2.06. The van der Waals surface area contributed by atoms with Gasteiger partial charge in [-0.25, -0.2) is 0 Å². The molecule has 1 unspecified atom stereocenters. The van der Waals surface area contributed by atoms with Gasteiger partial charge in [0.15, 0.2) is 5.78 Å². The monoisotopic (exact) mass is 238 g/mol. The van der Waals surface area contributed by atoms with Crippen LogP contribution in [0.1, 0.15) is 17.3 Å². The third-order valence-electron chi connectivity index (χ3n) is 1.91. The predicted octanol–water partition coefficient (Wildman–Crippen LogP) is 3.45. The molecule has 0 radical (unpaired) electrons. The van der Waals surface area contributed by atoms with E-state index in [0.29, 0.717) is 0 Å². The summed E-state index contributed by atoms with van der Waals surface area (Å²) in [7, 11) is 0. The van der Waals surface area contributed by atoms with Crippen LogP contribution in [0.4, 0.5) is 0 Å². The van der Waals surface area contributed by atoms with Crippen LogP contribution < -0.4 is 0 Å². The number of carbonyl (C=O) groups is 1. The highest BCUT2D eigenvalue weighted by Crippen LogP contribution is 2.19. The van der Waals surface area contributed by atoms with Crippen molar-refractivity contribution in [2.45, 2.75) is 6.92 Å². The van der Waals surface area contributed by atoms with Gasteiger partial charge in [-0.1, -0.05) is 47.1 Å². The van der Waals surface area contributed by atoms with Crippen molar-refractivity contribution in [2.24, 2.45) is 5.92 Å². The Kier molecular flexibility index (Phi) is 3.43. The van der Waals surface area contributed by atoms with Gasteiger partial charge in [0.25, 0.3) is 0 Å². The summed E-state index contributed by atoms with van der Waals surface area (Å²) < 4.78 is 0.841. The number of hydrogen-bond acceptors (Lipinski definition) is 1. The van der Waals surface area contributed by atoms with Crippen LogP contribution in [0.25, 0.3) is 0 Å². The van der Waals surface area contributed by atoms with Crippen LogP contribution in [-0.4, -0.2) is 5.78 Å². The van der Waals surface area contributed by atoms with Gasteiger partial charge >= 0.3 is 0 Å². The number of rotatable bonds is 3. The maximum Gasteiger partial charge on any atom is 0.170 e. The van der Waals surface area contributed by atoms with E-state index in [4.69, 9.17) is 0 Å². The van der Waals surface area contributed by atoms with Gasteiger partial charge in [0.1, 0.15) is 0 Å². The number of allylic oxidation sites excluding steroid dienone is 1. The van der Waals surface area contributed by atoms with Crippen LogP contribution in [0.3, 0.4) is 0 Å². The molecule has 1 nitrogen and oxygen atoms in total. The maximum atomic E-state index is 11.7. The summed E-state index contributed by atoms with van der Waals surface area (Å²) in [4.78, 5) is 11.7. The van der Waals surface area contributed by atoms with Crippen molar-refractivity contribution >= 4 is 21.7 Å². The Balaban J connectivity index is 3.02. The van der Waals surface area contributed by atoms with E-state index in [1.807, 2.05) is 31.2 Å². The first-order valence-electron chi connectivity index (χ1n) is 4.08. The zero-order chi connectivity index (χ0) is 9.84. The molecule has 0 bridgehead atoms. The molecule has 1 atom stereocenters. The molecule has 2 heteroatoms. The van der Waals surface area contributed by atoms with Gasteiger partial charge in [-0.2, -0.15) is 0 Å². The van der Waals surface area contributed by atoms with Gasteiger partial charge in [0.2, 0.25) is 0 Å². The van der Waals surface area contributed by atoms with E-state index in [-0.39, 0.29) is 11.7 Å². The molecule has 0 amide bonds. The number of ketones is 1. The standard InChI is InChI=1S/C11H11BrO/c1-3-8(2)11(13)9-6-4-5-7-10(9)12/h3-8H,1H2,2H3. The SMILES string of the molecule is C=CC(C)C(=O)c1ccccc1Br. The van der Waals surface area contributed by atoms with Crippen molar-refractivity contribution in [3.05, 3.63) is 47.0 Å². The summed E-state index contributed by atoms with van der Waals surface area (Å²) in [6.07, 6.45) is 1.65. The van der Waals surface area contributed by atoms with E-state index in [0.717, 1.165) is 10.0 Å². The largest absolute Gasteiger partial charge is 0.293 e. The van der Waals surface area contributed by atoms with Crippen molar-refractivity contribution in [3.63, 3.8) is 0 Å². The normalized spacial score (nSPS) is 12.2. The van der Waals surface area contributed by atoms with Crippen LogP contribution in [0.5, 0.6) is 0 Å². The lowest BCUT2D eigenvalue weighted by Crippen LogP contribution is -2.08. The van der Waals surface area contributed by atoms with Crippen LogP contribution in [0, 0.1) is 5.92 Å². The Labute approximate surface area is 86.6 Å². The average molecular weight is 239 g/mol. The summed E-state index contributed by atoms with van der Waals surface area (Å²) in [5.41, 5.74) is 0.718. The van der Waals surface area contributed by atoms with Crippen LogP contribution in [-0.2, 0) is 0 Å². The van der Waals surface area contributed by atoms with E-state index in [2.05, 4.69) is 22.5 Å². The molecule has 0 aliphatic rings. The molecule has 0 spiro atoms. The molecule has 1 aromatic carbocycles. The van der Waals surface area contributed by atoms with Crippen molar-refractivity contribution in [1.82, 2.24) is 0 Å². The minimum atomic E-state index is -0.126. The van der Waals surface area contributed by atoms with E-state index in [1.165, 1.54) is 0 Å². The highest BCUT2D eigenvalue weighted by molar-refractivity contribution is 9.10. The molecule has 0 aliphatic carbocycles. The Morgan fingerprint density at radius 3 is 2.69 bits per heavy atom. The summed E-state index contributed by atoms with van der Waals surface area (Å²) in [5.74, 6) is -0.0267. The van der Waals surface area contributed by atoms with E-state index in [9.17, 15) is 4.79 Å². The second-order valence-corrected chi connectivity index (χ2v) is 3.72. The first kappa shape index (κ1) is 10.2. The number of hydrogen-bond donors (Lipinski definition) is 0. The molecular formula is C11H11BrO. The zero-order valence-electron chi connectivity index (χ0n) is 7.46. The topological polar surface area (TPSA) is 17.1 Å². The van der Waals surface area contributed by atoms with Gasteiger partial charge in [-0.05, 0) is 6.07 Å². The highest BCUT2D eigenvalue weighted by atomic mass is 79.9. The molecule has 0 heterocycles. The highest BCUT2D eigenvalue weighted by Gasteiger charge is 2.13. The average Bonchev–Trinajstić information content (AvgIpc) is 2.16. The van der Waals surface area contributed by atoms with Gasteiger partial charge in [0.05, 0.1) is 0 Å². The third-order valence-corrected chi connectivity index (χ3v) is 2.60. The van der Waals surface area contributed by atoms with Gasteiger partial charge in [-0.15, -0.1) is 6.58 Å². The molecule has 0 fully saturated rings. The summed E-state index contributed by atoms with van der Waals surface area (Å²) in [6.45, 7) is 5.44. The van der Waals surface area contributed by atoms with E-state index in [1.54, 1.807) is 6.08 Å². The zero-order valence-corrected chi connectivity index (χ0v) is 9.04. The molecular weight excluding hydrogens is 228 g/mol. The third kappa shape index (κ3) is 2.28. The lowest BCUT2D eigenvalue weighted by molar-refractivity contribution is 0.0952. The molecule has 13 heavy (non-hydrogen) atoms. The Hall–Kier alpha value is -0.890. The Morgan fingerprint density at radius 1 is 1.54 bits per heavy atom. The van der Waals surface area contributed by atoms with Crippen molar-refractivity contribution in [3.8, 4) is 0 Å². The summed E-state index contributed by atoms with van der Waals surface area (Å²) in [6, 6.07) is 7.42. The fourth-order valence-electron chi connectivity index (χ4n) is 1.01. The first-order valence-corrected chi connectivity index (χ1v) is 4.87. The molecule has 68 valence electrons. The second-order valence-electron chi connectivity index (χ2n) is 2.87. The van der Waals surface area contributed by atoms with Gasteiger partial charge in [0, 0.05) is 16.0 Å². The fraction of sp³-hybridized carbons (Fsp3) is 0.182. The van der Waals surface area contributed by atoms with Crippen molar-refractivity contribution < 1.29 is 4.79 Å². The summed E-state index contributed by atoms with van der Waals surface area (Å²) in [5, 5.41) is 0. The van der Waals surface area contributed by atoms with Gasteiger partial charge in [-0.3, -0.25) is 4.79 Å². The number of Topliss-reactive ketones (excluding diaryl/α,β-unsaturated/α-hetero) is 1. The number of carbonyl (C=O) groups excluding carboxylic acids is 1. The summed E-state index contributed by atoms with van der Waals surface area (Å²) >= 11 is 3.34. The molecule has 0 aliphatic heterocycles. The fourth-order valence-corrected chi connectivity index (χ4v) is 1.49. The Bertz CT molecular complexity index is 331. The minimum absolute atomic E-state index is 0.0995. The first-order chi connectivity index (χ1) is 6.16. The van der Waals surface area contributed by atoms with Crippen LogP contribution in [0.2, 0.25) is 0 Å². The number of halogens is 1. The minimum Gasteiger partial charge on any atom is -0.293 e. The molecule has 0 saturated carbocycles. The van der Waals surface area contributed by atoms with Crippen molar-refractivity contribution in [1.29, 1.82) is 0 Å². The van der Waals surface area contributed by atoms with Gasteiger partial charge < -0.3 is 0 Å². The quantitative estimate of drug-likeness (QED) is 0.583. The molecule has 1 rings (SSSR count). The predicted molar refractivity (Wildman–Crippen MR) is 57.8 cm³/mol. The number of benzene rings is 1. The van der Waals surface area contributed by atoms with E-state index >= 15 is 0 Å². The Morgan fingerprint density at radius 2 is 2.15 bits per heavy atom.